The van der Waals surface area contributed by atoms with Crippen LogP contribution in [0.15, 0.2) is 42.5 Å². The first-order valence-electron chi connectivity index (χ1n) is 11.4. The molecule has 3 aliphatic rings. The van der Waals surface area contributed by atoms with Crippen molar-refractivity contribution in [2.75, 3.05) is 43.2 Å². The van der Waals surface area contributed by atoms with E-state index in [-0.39, 0.29) is 25.8 Å². The smallest absolute Gasteiger partial charge is 0.325 e. The normalized spacial score (nSPS) is 18.5. The lowest BCUT2D eigenvalue weighted by Crippen LogP contribution is -2.53. The number of urea groups is 1. The van der Waals surface area contributed by atoms with Crippen molar-refractivity contribution in [1.82, 2.24) is 10.2 Å². The molecule has 4 amide bonds. The number of fused-ring (bicyclic) bond motifs is 2. The van der Waals surface area contributed by atoms with E-state index in [1.54, 1.807) is 29.2 Å². The van der Waals surface area contributed by atoms with Gasteiger partial charge in [-0.15, -0.1) is 0 Å². The fourth-order valence-electron chi connectivity index (χ4n) is 4.38. The predicted molar refractivity (Wildman–Crippen MR) is 123 cm³/mol. The number of ether oxygens (including phenoxy) is 3. The molecule has 1 fully saturated rings. The van der Waals surface area contributed by atoms with Crippen LogP contribution < -0.4 is 29.7 Å². The topological polar surface area (TPSA) is 109 Å². The summed E-state index contributed by atoms with van der Waals surface area (Å²) < 4.78 is 16.5. The molecular formula is C24H26N4O6. The molecule has 0 bridgehead atoms. The van der Waals surface area contributed by atoms with Crippen molar-refractivity contribution in [3.8, 4) is 17.2 Å². The third-order valence-corrected chi connectivity index (χ3v) is 6.02. The van der Waals surface area contributed by atoms with Gasteiger partial charge in [-0.2, -0.15) is 0 Å². The summed E-state index contributed by atoms with van der Waals surface area (Å²) in [6.45, 7) is 1.70. The maximum absolute atomic E-state index is 13.0. The highest BCUT2D eigenvalue weighted by Crippen LogP contribution is 2.35. The summed E-state index contributed by atoms with van der Waals surface area (Å²) in [4.78, 5) is 41.7. The van der Waals surface area contributed by atoms with Gasteiger partial charge in [-0.3, -0.25) is 14.9 Å². The summed E-state index contributed by atoms with van der Waals surface area (Å²) in [6, 6.07) is 11.6. The second kappa shape index (κ2) is 9.50. The van der Waals surface area contributed by atoms with Crippen molar-refractivity contribution in [1.29, 1.82) is 0 Å². The zero-order chi connectivity index (χ0) is 23.5. The van der Waals surface area contributed by atoms with Gasteiger partial charge in [-0.1, -0.05) is 12.1 Å². The quantitative estimate of drug-likeness (QED) is 0.712. The molecule has 5 rings (SSSR count). The van der Waals surface area contributed by atoms with Crippen molar-refractivity contribution < 1.29 is 28.6 Å². The van der Waals surface area contributed by atoms with Crippen LogP contribution in [0.4, 0.5) is 16.2 Å². The Morgan fingerprint density at radius 2 is 1.74 bits per heavy atom. The largest absolute Gasteiger partial charge is 0.477 e. The van der Waals surface area contributed by atoms with E-state index in [0.29, 0.717) is 28.6 Å². The Morgan fingerprint density at radius 3 is 2.59 bits per heavy atom. The molecule has 2 aromatic rings. The van der Waals surface area contributed by atoms with Crippen molar-refractivity contribution >= 4 is 29.2 Å². The number of carbonyl (C=O) groups excluding carboxylic acids is 3. The van der Waals surface area contributed by atoms with Gasteiger partial charge < -0.3 is 29.3 Å². The molecule has 34 heavy (non-hydrogen) atoms. The summed E-state index contributed by atoms with van der Waals surface area (Å²) in [5, 5.41) is 4.96. The zero-order valence-corrected chi connectivity index (χ0v) is 18.6. The number of nitrogens with zero attached hydrogens (tertiary/aromatic N) is 2. The monoisotopic (exact) mass is 466 g/mol. The molecule has 1 saturated heterocycles. The Hall–Kier alpha value is -3.95. The fourth-order valence-corrected chi connectivity index (χ4v) is 4.38. The number of rotatable bonds is 4. The van der Waals surface area contributed by atoms with E-state index in [4.69, 9.17) is 14.2 Å². The van der Waals surface area contributed by atoms with Crippen LogP contribution in [0.25, 0.3) is 0 Å². The minimum absolute atomic E-state index is 0.0693. The first kappa shape index (κ1) is 21.9. The lowest BCUT2D eigenvalue weighted by Gasteiger charge is -2.38. The van der Waals surface area contributed by atoms with Gasteiger partial charge in [-0.25, -0.2) is 4.79 Å². The van der Waals surface area contributed by atoms with Crippen molar-refractivity contribution in [2.45, 2.75) is 25.4 Å². The van der Waals surface area contributed by atoms with E-state index in [0.717, 1.165) is 32.4 Å². The lowest BCUT2D eigenvalue weighted by atomic mass is 10.1. The molecule has 2 aromatic carbocycles. The molecule has 2 N–H and O–H groups in total. The van der Waals surface area contributed by atoms with Gasteiger partial charge in [0, 0.05) is 24.8 Å². The molecule has 3 aliphatic heterocycles. The maximum Gasteiger partial charge on any atom is 0.325 e. The highest BCUT2D eigenvalue weighted by Gasteiger charge is 2.34. The minimum Gasteiger partial charge on any atom is -0.477 e. The van der Waals surface area contributed by atoms with Gasteiger partial charge in [0.1, 0.15) is 5.75 Å². The Balaban J connectivity index is 1.22. The van der Waals surface area contributed by atoms with Crippen LogP contribution in [0.5, 0.6) is 17.2 Å². The van der Waals surface area contributed by atoms with Crippen molar-refractivity contribution in [3.05, 3.63) is 42.5 Å². The number of anilines is 2. The van der Waals surface area contributed by atoms with Crippen LogP contribution in [-0.2, 0) is 9.59 Å². The van der Waals surface area contributed by atoms with Crippen molar-refractivity contribution in [3.63, 3.8) is 0 Å². The molecule has 3 heterocycles. The number of hydrogen-bond donors (Lipinski definition) is 2. The summed E-state index contributed by atoms with van der Waals surface area (Å²) in [6.07, 6.45) is 2.39. The molecule has 10 heteroatoms. The van der Waals surface area contributed by atoms with Crippen LogP contribution in [0, 0.1) is 0 Å². The standard InChI is InChI=1S/C24H26N4O6/c29-22(26-24(31)25-16-8-9-19-20(12-16)33-15-32-19)14-28-13-21(23(30)27-10-4-1-5-11-27)34-18-7-3-2-6-17(18)28/h2-3,6-9,12,21H,1,4-5,10-11,13-15H2,(H2,25,26,29,31)/t21-/m0/s1. The highest BCUT2D eigenvalue weighted by molar-refractivity contribution is 6.02. The minimum atomic E-state index is -0.705. The van der Waals surface area contributed by atoms with E-state index in [2.05, 4.69) is 10.6 Å². The van der Waals surface area contributed by atoms with Gasteiger partial charge in [0.2, 0.25) is 12.7 Å². The van der Waals surface area contributed by atoms with Crippen LogP contribution in [0.2, 0.25) is 0 Å². The SMILES string of the molecule is O=C(CN1C[C@@H](C(=O)N2CCCCC2)Oc2ccccc21)NC(=O)Nc1ccc2c(c1)OCO2. The average Bonchev–Trinajstić information content (AvgIpc) is 3.32. The van der Waals surface area contributed by atoms with Gasteiger partial charge in [0.05, 0.1) is 18.8 Å². The van der Waals surface area contributed by atoms with Crippen LogP contribution in [0.3, 0.4) is 0 Å². The van der Waals surface area contributed by atoms with E-state index in [1.165, 1.54) is 0 Å². The number of nitrogens with one attached hydrogen (secondary N) is 2. The van der Waals surface area contributed by atoms with Gasteiger partial charge in [-0.05, 0) is 43.5 Å². The first-order valence-corrected chi connectivity index (χ1v) is 11.4. The molecule has 0 radical (unpaired) electrons. The second-order valence-electron chi connectivity index (χ2n) is 8.41. The molecule has 10 nitrogen and oxygen atoms in total. The lowest BCUT2D eigenvalue weighted by molar-refractivity contribution is -0.139. The summed E-state index contributed by atoms with van der Waals surface area (Å²) in [5.41, 5.74) is 1.18. The van der Waals surface area contributed by atoms with Crippen molar-refractivity contribution in [2.24, 2.45) is 0 Å². The van der Waals surface area contributed by atoms with Crippen LogP contribution in [-0.4, -0.2) is 61.8 Å². The van der Waals surface area contributed by atoms with Gasteiger partial charge in [0.25, 0.3) is 5.91 Å². The fraction of sp³-hybridized carbons (Fsp3) is 0.375. The molecule has 1 atom stereocenters. The predicted octanol–water partition coefficient (Wildman–Crippen LogP) is 2.34. The summed E-state index contributed by atoms with van der Waals surface area (Å²) in [5.74, 6) is 1.10. The Morgan fingerprint density at radius 1 is 0.941 bits per heavy atom. The third kappa shape index (κ3) is 4.70. The number of amides is 4. The molecule has 0 spiro atoms. The van der Waals surface area contributed by atoms with E-state index < -0.39 is 18.0 Å². The first-order chi connectivity index (χ1) is 16.6. The van der Waals surface area contributed by atoms with E-state index in [9.17, 15) is 14.4 Å². The number of piperidine rings is 1. The second-order valence-corrected chi connectivity index (χ2v) is 8.41. The average molecular weight is 466 g/mol. The molecular weight excluding hydrogens is 440 g/mol. The van der Waals surface area contributed by atoms with E-state index in [1.807, 2.05) is 23.1 Å². The molecule has 0 aromatic heterocycles. The Bertz CT molecular complexity index is 1100. The number of hydrogen-bond acceptors (Lipinski definition) is 7. The summed E-state index contributed by atoms with van der Waals surface area (Å²) in [7, 11) is 0. The Kier molecular flexibility index (Phi) is 6.11. The van der Waals surface area contributed by atoms with Gasteiger partial charge >= 0.3 is 6.03 Å². The molecule has 178 valence electrons. The number of para-hydroxylation sites is 2. The maximum atomic E-state index is 13.0. The van der Waals surface area contributed by atoms with Crippen LogP contribution in [0.1, 0.15) is 19.3 Å². The highest BCUT2D eigenvalue weighted by atomic mass is 16.7. The third-order valence-electron chi connectivity index (χ3n) is 6.02. The summed E-state index contributed by atoms with van der Waals surface area (Å²) >= 11 is 0. The number of imide groups is 1. The molecule has 0 unspecified atom stereocenters. The Labute approximate surface area is 196 Å². The van der Waals surface area contributed by atoms with Gasteiger partial charge in [0.15, 0.2) is 17.6 Å². The number of benzene rings is 2. The van der Waals surface area contributed by atoms with E-state index >= 15 is 0 Å². The van der Waals surface area contributed by atoms with Crippen LogP contribution >= 0.6 is 0 Å². The zero-order valence-electron chi connectivity index (χ0n) is 18.6. The number of likely N-dealkylation sites (tertiary alicyclic amines) is 1. The number of carbonyl (C=O) groups is 3. The molecule has 0 saturated carbocycles. The molecule has 0 aliphatic carbocycles.